The number of rotatable bonds is 6. The molecule has 0 radical (unpaired) electrons. The largest absolute Gasteiger partial charge is 0.450 e. The van der Waals surface area contributed by atoms with Crippen LogP contribution in [-0.4, -0.2) is 30.9 Å². The number of hydrogen-bond acceptors (Lipinski definition) is 4. The van der Waals surface area contributed by atoms with Gasteiger partial charge in [0.2, 0.25) is 10.0 Å². The van der Waals surface area contributed by atoms with Crippen LogP contribution in [0.2, 0.25) is 0 Å². The Balaban J connectivity index is 3.08. The van der Waals surface area contributed by atoms with E-state index in [1.807, 2.05) is 13.8 Å². The molecule has 1 aromatic rings. The Bertz CT molecular complexity index is 497. The van der Waals surface area contributed by atoms with E-state index in [0.29, 0.717) is 0 Å². The van der Waals surface area contributed by atoms with Gasteiger partial charge in [-0.1, -0.05) is 13.3 Å². The van der Waals surface area contributed by atoms with E-state index in [2.05, 4.69) is 15.9 Å². The first-order valence-corrected chi connectivity index (χ1v) is 7.95. The van der Waals surface area contributed by atoms with Gasteiger partial charge in [0.25, 0.3) is 0 Å². The van der Waals surface area contributed by atoms with Crippen molar-refractivity contribution >= 4 is 26.0 Å². The summed E-state index contributed by atoms with van der Waals surface area (Å²) in [6, 6.07) is 1.26. The van der Waals surface area contributed by atoms with Crippen LogP contribution in [0.1, 0.15) is 32.4 Å². The smallest absolute Gasteiger partial charge is 0.247 e. The zero-order valence-electron chi connectivity index (χ0n) is 10.7. The number of aliphatic hydroxyl groups is 1. The molecule has 18 heavy (non-hydrogen) atoms. The standard InChI is InChI=1S/C11H18BrNO4S/c1-4-5-8(2)13(3)18(15,16)10-6-9(7-14)17-11(10)12/h6,8,14H,4-5,7H2,1-3H3. The van der Waals surface area contributed by atoms with Gasteiger partial charge in [-0.05, 0) is 29.3 Å². The molecule has 0 amide bonds. The van der Waals surface area contributed by atoms with Crippen LogP contribution < -0.4 is 0 Å². The van der Waals surface area contributed by atoms with Gasteiger partial charge in [-0.15, -0.1) is 0 Å². The van der Waals surface area contributed by atoms with Crippen LogP contribution in [0.25, 0.3) is 0 Å². The van der Waals surface area contributed by atoms with E-state index in [0.717, 1.165) is 12.8 Å². The Kier molecular flexibility index (Phi) is 5.39. The summed E-state index contributed by atoms with van der Waals surface area (Å²) >= 11 is 3.07. The molecule has 0 aromatic carbocycles. The predicted molar refractivity (Wildman–Crippen MR) is 71.6 cm³/mol. The highest BCUT2D eigenvalue weighted by molar-refractivity contribution is 9.10. The van der Waals surface area contributed by atoms with Gasteiger partial charge < -0.3 is 9.52 Å². The molecule has 104 valence electrons. The maximum Gasteiger partial charge on any atom is 0.247 e. The zero-order valence-corrected chi connectivity index (χ0v) is 13.1. The van der Waals surface area contributed by atoms with E-state index >= 15 is 0 Å². The number of nitrogens with zero attached hydrogens (tertiary/aromatic N) is 1. The van der Waals surface area contributed by atoms with Crippen molar-refractivity contribution in [1.82, 2.24) is 4.31 Å². The summed E-state index contributed by atoms with van der Waals surface area (Å²) in [4.78, 5) is 0.0528. The Morgan fingerprint density at radius 3 is 2.61 bits per heavy atom. The molecule has 0 aliphatic carbocycles. The summed E-state index contributed by atoms with van der Waals surface area (Å²) in [6.07, 6.45) is 1.70. The van der Waals surface area contributed by atoms with Crippen LogP contribution in [0.3, 0.4) is 0 Å². The normalized spacial score (nSPS) is 14.1. The molecular formula is C11H18BrNO4S. The quantitative estimate of drug-likeness (QED) is 0.863. The maximum atomic E-state index is 12.4. The molecule has 1 unspecified atom stereocenters. The number of furan rings is 1. The minimum absolute atomic E-state index is 0.0528. The molecule has 0 saturated carbocycles. The van der Waals surface area contributed by atoms with Gasteiger partial charge in [0.1, 0.15) is 17.3 Å². The van der Waals surface area contributed by atoms with Gasteiger partial charge in [0, 0.05) is 19.2 Å². The van der Waals surface area contributed by atoms with Crippen LogP contribution in [0.4, 0.5) is 0 Å². The Morgan fingerprint density at radius 2 is 2.17 bits per heavy atom. The second-order valence-electron chi connectivity index (χ2n) is 4.17. The molecule has 1 aromatic heterocycles. The molecule has 0 saturated heterocycles. The first-order valence-electron chi connectivity index (χ1n) is 5.71. The van der Waals surface area contributed by atoms with E-state index in [4.69, 9.17) is 9.52 Å². The van der Waals surface area contributed by atoms with Crippen molar-refractivity contribution in [2.45, 2.75) is 44.2 Å². The highest BCUT2D eigenvalue weighted by Crippen LogP contribution is 2.29. The number of aliphatic hydroxyl groups excluding tert-OH is 1. The SMILES string of the molecule is CCCC(C)N(C)S(=O)(=O)c1cc(CO)oc1Br. The number of sulfonamides is 1. The van der Waals surface area contributed by atoms with Gasteiger partial charge in [-0.2, -0.15) is 4.31 Å². The number of halogens is 1. The molecule has 0 bridgehead atoms. The molecule has 0 aliphatic rings. The first-order chi connectivity index (χ1) is 8.34. The summed E-state index contributed by atoms with van der Waals surface area (Å²) in [5.41, 5.74) is 0. The van der Waals surface area contributed by atoms with Crippen molar-refractivity contribution in [3.05, 3.63) is 16.5 Å². The minimum Gasteiger partial charge on any atom is -0.450 e. The molecule has 1 atom stereocenters. The van der Waals surface area contributed by atoms with Crippen LogP contribution in [0.15, 0.2) is 20.0 Å². The highest BCUT2D eigenvalue weighted by atomic mass is 79.9. The lowest BCUT2D eigenvalue weighted by Crippen LogP contribution is -2.34. The monoisotopic (exact) mass is 339 g/mol. The van der Waals surface area contributed by atoms with Crippen LogP contribution in [0, 0.1) is 0 Å². The molecule has 1 rings (SSSR count). The van der Waals surface area contributed by atoms with Gasteiger partial charge in [-0.25, -0.2) is 8.42 Å². The third kappa shape index (κ3) is 3.14. The first kappa shape index (κ1) is 15.7. The third-order valence-electron chi connectivity index (χ3n) is 2.85. The summed E-state index contributed by atoms with van der Waals surface area (Å²) in [7, 11) is -2.05. The second kappa shape index (κ2) is 6.18. The van der Waals surface area contributed by atoms with Crippen molar-refractivity contribution in [3.63, 3.8) is 0 Å². The van der Waals surface area contributed by atoms with Crippen molar-refractivity contribution in [1.29, 1.82) is 0 Å². The van der Waals surface area contributed by atoms with Crippen molar-refractivity contribution in [3.8, 4) is 0 Å². The van der Waals surface area contributed by atoms with Gasteiger partial charge in [-0.3, -0.25) is 0 Å². The summed E-state index contributed by atoms with van der Waals surface area (Å²) in [5.74, 6) is 0.219. The second-order valence-corrected chi connectivity index (χ2v) is 6.85. The molecular weight excluding hydrogens is 322 g/mol. The lowest BCUT2D eigenvalue weighted by Gasteiger charge is -2.23. The van der Waals surface area contributed by atoms with E-state index < -0.39 is 10.0 Å². The van der Waals surface area contributed by atoms with Crippen molar-refractivity contribution in [2.24, 2.45) is 0 Å². The lowest BCUT2D eigenvalue weighted by atomic mass is 10.2. The minimum atomic E-state index is -3.60. The van der Waals surface area contributed by atoms with E-state index in [9.17, 15) is 8.42 Å². The average Bonchev–Trinajstić information content (AvgIpc) is 2.70. The Morgan fingerprint density at radius 1 is 1.56 bits per heavy atom. The highest BCUT2D eigenvalue weighted by Gasteiger charge is 2.29. The molecule has 0 fully saturated rings. The fourth-order valence-corrected chi connectivity index (χ4v) is 3.99. The Hall–Kier alpha value is -0.370. The molecule has 0 aliphatic heterocycles. The fraction of sp³-hybridized carbons (Fsp3) is 0.636. The summed E-state index contributed by atoms with van der Waals surface area (Å²) in [5, 5.41) is 8.95. The third-order valence-corrected chi connectivity index (χ3v) is 5.68. The van der Waals surface area contributed by atoms with Crippen LogP contribution >= 0.6 is 15.9 Å². The maximum absolute atomic E-state index is 12.4. The van der Waals surface area contributed by atoms with E-state index in [1.165, 1.54) is 10.4 Å². The van der Waals surface area contributed by atoms with Gasteiger partial charge in [0.05, 0.1) is 0 Å². The number of hydrogen-bond donors (Lipinski definition) is 1. The zero-order chi connectivity index (χ0) is 13.9. The van der Waals surface area contributed by atoms with E-state index in [-0.39, 0.29) is 28.0 Å². The van der Waals surface area contributed by atoms with Crippen LogP contribution in [-0.2, 0) is 16.6 Å². The van der Waals surface area contributed by atoms with E-state index in [1.54, 1.807) is 7.05 Å². The molecule has 7 heteroatoms. The topological polar surface area (TPSA) is 70.8 Å². The molecule has 1 heterocycles. The average molecular weight is 340 g/mol. The van der Waals surface area contributed by atoms with Crippen molar-refractivity contribution < 1.29 is 17.9 Å². The summed E-state index contributed by atoms with van der Waals surface area (Å²) in [6.45, 7) is 3.54. The van der Waals surface area contributed by atoms with Crippen LogP contribution in [0.5, 0.6) is 0 Å². The fourth-order valence-electron chi connectivity index (χ4n) is 1.64. The molecule has 5 nitrogen and oxygen atoms in total. The Labute approximate surface area is 116 Å². The lowest BCUT2D eigenvalue weighted by molar-refractivity contribution is 0.245. The van der Waals surface area contributed by atoms with Gasteiger partial charge in [0.15, 0.2) is 4.67 Å². The molecule has 0 spiro atoms. The summed E-state index contributed by atoms with van der Waals surface area (Å²) < 4.78 is 31.3. The van der Waals surface area contributed by atoms with Gasteiger partial charge >= 0.3 is 0 Å². The predicted octanol–water partition coefficient (Wildman–Crippen LogP) is 2.34. The van der Waals surface area contributed by atoms with Crippen molar-refractivity contribution in [2.75, 3.05) is 7.05 Å². The molecule has 1 N–H and O–H groups in total.